The van der Waals surface area contributed by atoms with Gasteiger partial charge in [-0.2, -0.15) is 5.10 Å². The standard InChI is InChI=1S/C30H42F2N8O4S2Si/c1-19(2)29(41)39-12-11-38(17-20(39)3)23-16-21(15-22-24(36-37(5)25(22)23)27-34-35-28(45-27)26(31)32)46(42,43)40(30(33-4)9-10-30)18-44-13-14-47(6,7)8/h15-16,19-20,26H,9-14,17-18H2,1-3,5-8H3/t20-/m0/s1. The van der Waals surface area contributed by atoms with E-state index in [-0.39, 0.29) is 40.2 Å². The molecule has 1 atom stereocenters. The Morgan fingerprint density at radius 3 is 2.49 bits per heavy atom. The van der Waals surface area contributed by atoms with Gasteiger partial charge in [0, 0.05) is 58.7 Å². The van der Waals surface area contributed by atoms with Crippen LogP contribution >= 0.6 is 11.3 Å². The molecule has 2 aliphatic rings. The Morgan fingerprint density at radius 2 is 1.94 bits per heavy atom. The number of fused-ring (bicyclic) bond motifs is 1. The summed E-state index contributed by atoms with van der Waals surface area (Å²) in [5.74, 6) is -0.115. The fourth-order valence-electron chi connectivity index (χ4n) is 5.76. The molecule has 47 heavy (non-hydrogen) atoms. The second-order valence-corrected chi connectivity index (χ2v) is 22.3. The Morgan fingerprint density at radius 1 is 1.23 bits per heavy atom. The molecule has 12 nitrogen and oxygen atoms in total. The summed E-state index contributed by atoms with van der Waals surface area (Å²) in [7, 11) is -4.04. The van der Waals surface area contributed by atoms with E-state index in [1.165, 1.54) is 10.4 Å². The van der Waals surface area contributed by atoms with Gasteiger partial charge >= 0.3 is 5.66 Å². The number of aromatic nitrogens is 4. The van der Waals surface area contributed by atoms with Crippen molar-refractivity contribution >= 4 is 51.9 Å². The quantitative estimate of drug-likeness (QED) is 0.106. The molecule has 0 bridgehead atoms. The molecule has 0 spiro atoms. The van der Waals surface area contributed by atoms with Crippen molar-refractivity contribution in [1.82, 2.24) is 29.2 Å². The lowest BCUT2D eigenvalue weighted by Gasteiger charge is -2.42. The molecule has 1 aliphatic carbocycles. The topological polar surface area (TPSA) is 118 Å². The predicted molar refractivity (Wildman–Crippen MR) is 179 cm³/mol. The Kier molecular flexibility index (Phi) is 9.84. The highest BCUT2D eigenvalue weighted by Crippen LogP contribution is 2.47. The first-order valence-corrected chi connectivity index (χ1v) is 21.6. The molecule has 1 saturated carbocycles. The summed E-state index contributed by atoms with van der Waals surface area (Å²) < 4.78 is 64.8. The molecule has 0 unspecified atom stereocenters. The first-order valence-electron chi connectivity index (χ1n) is 15.7. The molecule has 0 radical (unpaired) electrons. The van der Waals surface area contributed by atoms with Gasteiger partial charge < -0.3 is 14.5 Å². The van der Waals surface area contributed by atoms with Crippen molar-refractivity contribution in [3.8, 4) is 10.7 Å². The van der Waals surface area contributed by atoms with Gasteiger partial charge in [-0.25, -0.2) is 23.8 Å². The summed E-state index contributed by atoms with van der Waals surface area (Å²) in [6.07, 6.45) is -2.03. The predicted octanol–water partition coefficient (Wildman–Crippen LogP) is 5.43. The van der Waals surface area contributed by atoms with Crippen molar-refractivity contribution < 1.29 is 26.7 Å². The molecule has 1 aliphatic heterocycles. The second kappa shape index (κ2) is 13.1. The van der Waals surface area contributed by atoms with Crippen LogP contribution in [-0.2, 0) is 26.6 Å². The van der Waals surface area contributed by atoms with Crippen LogP contribution in [0.1, 0.15) is 45.0 Å². The minimum atomic E-state index is -4.30. The van der Waals surface area contributed by atoms with Gasteiger partial charge in [0.05, 0.1) is 28.9 Å². The highest BCUT2D eigenvalue weighted by molar-refractivity contribution is 7.89. The van der Waals surface area contributed by atoms with Crippen molar-refractivity contribution in [2.45, 2.75) is 82.3 Å². The number of anilines is 1. The molecule has 256 valence electrons. The first kappa shape index (κ1) is 35.3. The van der Waals surface area contributed by atoms with E-state index < -0.39 is 35.2 Å². The molecule has 3 aromatic rings. The average Bonchev–Trinajstić information content (AvgIpc) is 3.48. The average molecular weight is 709 g/mol. The number of ether oxygens (including phenoxy) is 1. The lowest BCUT2D eigenvalue weighted by atomic mass is 10.1. The van der Waals surface area contributed by atoms with Gasteiger partial charge in [-0.3, -0.25) is 14.3 Å². The number of carbonyl (C=O) groups excluding carboxylic acids is 1. The Labute approximate surface area is 279 Å². The molecular weight excluding hydrogens is 667 g/mol. The number of rotatable bonds is 12. The van der Waals surface area contributed by atoms with Crippen molar-refractivity contribution in [1.29, 1.82) is 0 Å². The van der Waals surface area contributed by atoms with E-state index in [9.17, 15) is 22.0 Å². The number of amides is 1. The minimum absolute atomic E-state index is 0.0474. The van der Waals surface area contributed by atoms with E-state index in [1.807, 2.05) is 30.6 Å². The maximum Gasteiger partial charge on any atom is 0.303 e. The van der Waals surface area contributed by atoms with Crippen LogP contribution in [0.5, 0.6) is 0 Å². The van der Waals surface area contributed by atoms with Crippen LogP contribution in [0.15, 0.2) is 17.0 Å². The van der Waals surface area contributed by atoms with Crippen LogP contribution in [0.3, 0.4) is 0 Å². The number of halogens is 2. The van der Waals surface area contributed by atoms with Gasteiger partial charge in [0.1, 0.15) is 12.4 Å². The zero-order valence-electron chi connectivity index (χ0n) is 27.8. The number of aryl methyl sites for hydroxylation is 1. The summed E-state index contributed by atoms with van der Waals surface area (Å²) >= 11 is 0.701. The van der Waals surface area contributed by atoms with Crippen LogP contribution < -0.4 is 4.90 Å². The van der Waals surface area contributed by atoms with Crippen LogP contribution in [0, 0.1) is 12.5 Å². The van der Waals surface area contributed by atoms with E-state index in [1.54, 1.807) is 17.8 Å². The van der Waals surface area contributed by atoms with Crippen LogP contribution in [0.25, 0.3) is 26.4 Å². The van der Waals surface area contributed by atoms with E-state index in [0.29, 0.717) is 67.0 Å². The SMILES string of the molecule is [C-]#[N+]C1(N(COCC[Si](C)(C)C)S(=O)(=O)c2cc(N3CCN(C(=O)C(C)C)[C@@H](C)C3)c3c(c2)c(-c2nnc(C(F)F)s2)nn3C)CC1. The van der Waals surface area contributed by atoms with Gasteiger partial charge in [-0.1, -0.05) is 49.1 Å². The Balaban J connectivity index is 1.63. The lowest BCUT2D eigenvalue weighted by Crippen LogP contribution is -2.55. The van der Waals surface area contributed by atoms with Crippen LogP contribution in [0.2, 0.25) is 25.7 Å². The Hall–Kier alpha value is -3.04. The highest BCUT2D eigenvalue weighted by atomic mass is 32.2. The van der Waals surface area contributed by atoms with Gasteiger partial charge in [0.2, 0.25) is 5.91 Å². The van der Waals surface area contributed by atoms with Crippen molar-refractivity contribution in [3.05, 3.63) is 28.6 Å². The number of nitrogens with zero attached hydrogens (tertiary/aromatic N) is 8. The summed E-state index contributed by atoms with van der Waals surface area (Å²) in [6, 6.07) is 3.76. The molecule has 1 amide bonds. The van der Waals surface area contributed by atoms with E-state index in [4.69, 9.17) is 11.3 Å². The third-order valence-electron chi connectivity index (χ3n) is 8.63. The van der Waals surface area contributed by atoms with Gasteiger partial charge in [-0.15, -0.1) is 10.2 Å². The smallest absolute Gasteiger partial charge is 0.303 e. The van der Waals surface area contributed by atoms with E-state index in [2.05, 4.69) is 39.8 Å². The van der Waals surface area contributed by atoms with Crippen molar-refractivity contribution in [3.63, 3.8) is 0 Å². The van der Waals surface area contributed by atoms with Crippen LogP contribution in [0.4, 0.5) is 14.5 Å². The molecule has 1 saturated heterocycles. The fraction of sp³-hybridized carbons (Fsp3) is 0.633. The highest BCUT2D eigenvalue weighted by Gasteiger charge is 2.61. The molecule has 3 heterocycles. The largest absolute Gasteiger partial charge is 0.366 e. The maximum absolute atomic E-state index is 14.6. The maximum atomic E-state index is 14.6. The lowest BCUT2D eigenvalue weighted by molar-refractivity contribution is -0.136. The number of hydrogen-bond acceptors (Lipinski definition) is 9. The zero-order valence-corrected chi connectivity index (χ0v) is 30.5. The number of hydrogen-bond donors (Lipinski definition) is 0. The third kappa shape index (κ3) is 7.07. The van der Waals surface area contributed by atoms with E-state index >= 15 is 0 Å². The molecular formula is C30H42F2N8O4S2Si. The number of sulfonamides is 1. The summed E-state index contributed by atoms with van der Waals surface area (Å²) in [5, 5.41) is 12.3. The minimum Gasteiger partial charge on any atom is -0.366 e. The fourth-order valence-corrected chi connectivity index (χ4v) is 8.89. The van der Waals surface area contributed by atoms with Crippen molar-refractivity contribution in [2.75, 3.05) is 37.9 Å². The summed E-state index contributed by atoms with van der Waals surface area (Å²) in [6.45, 7) is 21.6. The molecule has 5 rings (SSSR count). The molecule has 17 heteroatoms. The Bertz CT molecular complexity index is 1800. The van der Waals surface area contributed by atoms with Crippen molar-refractivity contribution in [2.24, 2.45) is 13.0 Å². The first-order chi connectivity index (χ1) is 22.0. The molecule has 2 fully saturated rings. The number of piperazine rings is 1. The molecule has 2 aromatic heterocycles. The third-order valence-corrected chi connectivity index (χ3v) is 13.1. The monoisotopic (exact) mass is 708 g/mol. The van der Waals surface area contributed by atoms with Gasteiger partial charge in [0.15, 0.2) is 10.0 Å². The number of alkyl halides is 2. The number of benzene rings is 1. The van der Waals surface area contributed by atoms with Gasteiger partial charge in [0.25, 0.3) is 16.4 Å². The normalized spacial score (nSPS) is 18.5. The second-order valence-electron chi connectivity index (χ2n) is 13.8. The molecule has 0 N–H and O–H groups in total. The summed E-state index contributed by atoms with van der Waals surface area (Å²) in [4.78, 5) is 20.4. The van der Waals surface area contributed by atoms with Gasteiger partial charge in [-0.05, 0) is 25.1 Å². The van der Waals surface area contributed by atoms with E-state index in [0.717, 1.165) is 6.04 Å². The number of carbonyl (C=O) groups is 1. The van der Waals surface area contributed by atoms with Crippen LogP contribution in [-0.4, -0.2) is 96.3 Å². The zero-order chi connectivity index (χ0) is 34.5. The molecule has 1 aromatic carbocycles. The summed E-state index contributed by atoms with van der Waals surface area (Å²) in [5.41, 5.74) is 0.161.